The maximum atomic E-state index is 12.2. The molecular weight excluding hydrogens is 342 g/mol. The van der Waals surface area contributed by atoms with E-state index in [1.54, 1.807) is 36.2 Å². The van der Waals surface area contributed by atoms with E-state index in [4.69, 9.17) is 16.3 Å². The highest BCUT2D eigenvalue weighted by molar-refractivity contribution is 6.35. The van der Waals surface area contributed by atoms with Gasteiger partial charge in [-0.2, -0.15) is 0 Å². The molecular formula is C18H20ClN3O3. The number of ether oxygens (including phenoxy) is 1. The highest BCUT2D eigenvalue weighted by atomic mass is 35.5. The summed E-state index contributed by atoms with van der Waals surface area (Å²) in [5, 5.41) is 4.02. The summed E-state index contributed by atoms with van der Waals surface area (Å²) in [5.41, 5.74) is 0.601. The summed E-state index contributed by atoms with van der Waals surface area (Å²) < 4.78 is 5.58. The molecule has 0 aliphatic carbocycles. The lowest BCUT2D eigenvalue weighted by Crippen LogP contribution is -2.47. The molecule has 7 heteroatoms. The second-order valence-electron chi connectivity index (χ2n) is 6.06. The number of aromatic nitrogens is 1. The number of likely N-dealkylation sites (tertiary alicyclic amines) is 1. The number of hydrogen-bond acceptors (Lipinski definition) is 4. The minimum atomic E-state index is -0.561. The zero-order chi connectivity index (χ0) is 17.8. The standard InChI is InChI=1S/C18H20ClN3O3/c1-12(18(24)22-9-2-3-10-22)21-16(23)11-25-15-7-6-14(19)13-5-4-8-20-17(13)15/h4-8,12H,2-3,9-11H2,1H3,(H,21,23). The van der Waals surface area contributed by atoms with Crippen molar-refractivity contribution in [2.24, 2.45) is 0 Å². The molecule has 2 heterocycles. The quantitative estimate of drug-likeness (QED) is 0.887. The predicted octanol–water partition coefficient (Wildman–Crippen LogP) is 2.39. The third kappa shape index (κ3) is 4.02. The Hall–Kier alpha value is -2.34. The molecule has 1 N–H and O–H groups in total. The average molecular weight is 362 g/mol. The lowest BCUT2D eigenvalue weighted by Gasteiger charge is -2.21. The summed E-state index contributed by atoms with van der Waals surface area (Å²) in [6.45, 7) is 3.03. The lowest BCUT2D eigenvalue weighted by molar-refractivity contribution is -0.135. The van der Waals surface area contributed by atoms with Gasteiger partial charge in [0.1, 0.15) is 17.3 Å². The van der Waals surface area contributed by atoms with Crippen LogP contribution in [0.1, 0.15) is 19.8 Å². The molecule has 0 bridgehead atoms. The predicted molar refractivity (Wildman–Crippen MR) is 95.7 cm³/mol. The summed E-state index contributed by atoms with van der Waals surface area (Å²) in [7, 11) is 0. The number of hydrogen-bond donors (Lipinski definition) is 1. The number of amides is 2. The van der Waals surface area contributed by atoms with Crippen LogP contribution in [0.2, 0.25) is 5.02 Å². The zero-order valence-electron chi connectivity index (χ0n) is 14.0. The maximum absolute atomic E-state index is 12.2. The van der Waals surface area contributed by atoms with Crippen LogP contribution in [0.15, 0.2) is 30.5 Å². The second kappa shape index (κ2) is 7.70. The number of rotatable bonds is 5. The van der Waals surface area contributed by atoms with Crippen molar-refractivity contribution in [3.63, 3.8) is 0 Å². The molecule has 1 fully saturated rings. The topological polar surface area (TPSA) is 71.5 Å². The Labute approximate surface area is 151 Å². The van der Waals surface area contributed by atoms with Gasteiger partial charge in [-0.3, -0.25) is 14.6 Å². The van der Waals surface area contributed by atoms with Crippen LogP contribution >= 0.6 is 11.6 Å². The zero-order valence-corrected chi connectivity index (χ0v) is 14.8. The Balaban J connectivity index is 1.59. The molecule has 1 aromatic heterocycles. The van der Waals surface area contributed by atoms with Gasteiger partial charge >= 0.3 is 0 Å². The molecule has 6 nitrogen and oxygen atoms in total. The van der Waals surface area contributed by atoms with Gasteiger partial charge in [0.2, 0.25) is 5.91 Å². The van der Waals surface area contributed by atoms with E-state index in [-0.39, 0.29) is 18.4 Å². The van der Waals surface area contributed by atoms with E-state index in [1.807, 2.05) is 6.07 Å². The smallest absolute Gasteiger partial charge is 0.258 e. The van der Waals surface area contributed by atoms with Gasteiger partial charge < -0.3 is 15.0 Å². The molecule has 1 aliphatic rings. The third-order valence-corrected chi connectivity index (χ3v) is 4.53. The van der Waals surface area contributed by atoms with Gasteiger partial charge in [0.05, 0.1) is 5.02 Å². The van der Waals surface area contributed by atoms with E-state index >= 15 is 0 Å². The molecule has 0 saturated carbocycles. The maximum Gasteiger partial charge on any atom is 0.258 e. The number of pyridine rings is 1. The SMILES string of the molecule is CC(NC(=O)COc1ccc(Cl)c2cccnc12)C(=O)N1CCCC1. The first-order valence-corrected chi connectivity index (χ1v) is 8.68. The van der Waals surface area contributed by atoms with Gasteiger partial charge in [-0.15, -0.1) is 0 Å². The summed E-state index contributed by atoms with van der Waals surface area (Å²) in [5.74, 6) is 0.0807. The molecule has 1 atom stereocenters. The lowest BCUT2D eigenvalue weighted by atomic mass is 10.2. The van der Waals surface area contributed by atoms with E-state index in [1.165, 1.54) is 0 Å². The van der Waals surface area contributed by atoms with Gasteiger partial charge in [0.25, 0.3) is 5.91 Å². The van der Waals surface area contributed by atoms with Crippen LogP contribution in [0.3, 0.4) is 0 Å². The van der Waals surface area contributed by atoms with Gasteiger partial charge in [0, 0.05) is 24.7 Å². The van der Waals surface area contributed by atoms with Crippen LogP contribution in [0.4, 0.5) is 0 Å². The Morgan fingerprint density at radius 2 is 2.08 bits per heavy atom. The fourth-order valence-corrected chi connectivity index (χ4v) is 3.14. The molecule has 0 spiro atoms. The van der Waals surface area contributed by atoms with Crippen LogP contribution in [0.5, 0.6) is 5.75 Å². The normalized spacial score (nSPS) is 15.2. The van der Waals surface area contributed by atoms with Crippen molar-refractivity contribution < 1.29 is 14.3 Å². The van der Waals surface area contributed by atoms with Crippen LogP contribution in [0.25, 0.3) is 10.9 Å². The van der Waals surface area contributed by atoms with E-state index in [0.29, 0.717) is 16.3 Å². The number of benzene rings is 1. The fraction of sp³-hybridized carbons (Fsp3) is 0.389. The number of nitrogens with zero attached hydrogens (tertiary/aromatic N) is 2. The molecule has 132 valence electrons. The van der Waals surface area contributed by atoms with Crippen LogP contribution < -0.4 is 10.1 Å². The number of carbonyl (C=O) groups excluding carboxylic acids is 2. The van der Waals surface area contributed by atoms with E-state index in [2.05, 4.69) is 10.3 Å². The molecule has 1 aliphatic heterocycles. The number of halogens is 1. The van der Waals surface area contributed by atoms with Crippen molar-refractivity contribution in [3.8, 4) is 5.75 Å². The molecule has 2 amide bonds. The van der Waals surface area contributed by atoms with Crippen LogP contribution in [0, 0.1) is 0 Å². The molecule has 2 aromatic rings. The minimum absolute atomic E-state index is 0.0514. The highest BCUT2D eigenvalue weighted by Gasteiger charge is 2.24. The fourth-order valence-electron chi connectivity index (χ4n) is 2.93. The Kier molecular flexibility index (Phi) is 5.38. The molecule has 0 radical (unpaired) electrons. The van der Waals surface area contributed by atoms with Gasteiger partial charge in [-0.05, 0) is 44.0 Å². The van der Waals surface area contributed by atoms with Crippen molar-refractivity contribution >= 4 is 34.3 Å². The minimum Gasteiger partial charge on any atom is -0.481 e. The van der Waals surface area contributed by atoms with Crippen molar-refractivity contribution in [1.29, 1.82) is 0 Å². The van der Waals surface area contributed by atoms with Gasteiger partial charge in [0.15, 0.2) is 6.61 Å². The first-order chi connectivity index (χ1) is 12.1. The summed E-state index contributed by atoms with van der Waals surface area (Å²) in [6.07, 6.45) is 3.68. The van der Waals surface area contributed by atoms with Gasteiger partial charge in [-0.1, -0.05) is 11.6 Å². The number of carbonyl (C=O) groups is 2. The van der Waals surface area contributed by atoms with Crippen LogP contribution in [-0.4, -0.2) is 47.4 Å². The highest BCUT2D eigenvalue weighted by Crippen LogP contribution is 2.29. The monoisotopic (exact) mass is 361 g/mol. The third-order valence-electron chi connectivity index (χ3n) is 4.20. The molecule has 1 saturated heterocycles. The van der Waals surface area contributed by atoms with E-state index in [9.17, 15) is 9.59 Å². The summed E-state index contributed by atoms with van der Waals surface area (Å²) >= 11 is 6.14. The molecule has 3 rings (SSSR count). The molecule has 25 heavy (non-hydrogen) atoms. The summed E-state index contributed by atoms with van der Waals surface area (Å²) in [6, 6.07) is 6.46. The van der Waals surface area contributed by atoms with Crippen molar-refractivity contribution in [2.45, 2.75) is 25.8 Å². The van der Waals surface area contributed by atoms with E-state index in [0.717, 1.165) is 31.3 Å². The molecule has 1 unspecified atom stereocenters. The Morgan fingerprint density at radius 1 is 1.32 bits per heavy atom. The first-order valence-electron chi connectivity index (χ1n) is 8.30. The van der Waals surface area contributed by atoms with Crippen LogP contribution in [-0.2, 0) is 9.59 Å². The van der Waals surface area contributed by atoms with Crippen molar-refractivity contribution in [1.82, 2.24) is 15.2 Å². The largest absolute Gasteiger partial charge is 0.481 e. The van der Waals surface area contributed by atoms with Crippen molar-refractivity contribution in [2.75, 3.05) is 19.7 Å². The number of nitrogens with one attached hydrogen (secondary N) is 1. The Bertz CT molecular complexity index is 790. The first kappa shape index (κ1) is 17.5. The van der Waals surface area contributed by atoms with Crippen molar-refractivity contribution in [3.05, 3.63) is 35.5 Å². The van der Waals surface area contributed by atoms with Gasteiger partial charge in [-0.25, -0.2) is 0 Å². The Morgan fingerprint density at radius 3 is 2.84 bits per heavy atom. The second-order valence-corrected chi connectivity index (χ2v) is 6.46. The average Bonchev–Trinajstić information content (AvgIpc) is 3.15. The number of fused-ring (bicyclic) bond motifs is 1. The summed E-state index contributed by atoms with van der Waals surface area (Å²) in [4.78, 5) is 30.3. The molecule has 1 aromatic carbocycles. The van der Waals surface area contributed by atoms with E-state index < -0.39 is 6.04 Å².